The number of halogens is 7. The summed E-state index contributed by atoms with van der Waals surface area (Å²) in [5.74, 6) is -16.3. The summed E-state index contributed by atoms with van der Waals surface area (Å²) in [7, 11) is 0. The predicted molar refractivity (Wildman–Crippen MR) is 35.1 cm³/mol. The molecule has 0 saturated carbocycles. The highest BCUT2D eigenvalue weighted by molar-refractivity contribution is 5.59. The third-order valence-corrected chi connectivity index (χ3v) is 1.89. The van der Waals surface area contributed by atoms with E-state index in [9.17, 15) is 30.7 Å². The Kier molecular flexibility index (Phi) is 2.61. The van der Waals surface area contributed by atoms with Crippen LogP contribution in [0.1, 0.15) is 6.42 Å². The van der Waals surface area contributed by atoms with Gasteiger partial charge in [-0.25, -0.2) is 0 Å². The molecule has 0 aliphatic carbocycles. The first-order valence-electron chi connectivity index (χ1n) is 3.70. The fourth-order valence-electron chi connectivity index (χ4n) is 0.932. The highest BCUT2D eigenvalue weighted by Gasteiger charge is 2.81. The number of hydrogen-bond acceptors (Lipinski definition) is 3. The molecule has 0 aromatic carbocycles. The molecule has 1 aliphatic rings. The third kappa shape index (κ3) is 1.51. The number of aliphatic hydroxyl groups is 1. The van der Waals surface area contributed by atoms with E-state index in [1.165, 1.54) is 0 Å². The molecule has 0 radical (unpaired) electrons. The second-order valence-corrected chi connectivity index (χ2v) is 3.01. The van der Waals surface area contributed by atoms with Crippen LogP contribution >= 0.6 is 0 Å². The van der Waals surface area contributed by atoms with Gasteiger partial charge < -0.3 is 9.94 Å². The molecule has 1 atom stereocenters. The summed E-state index contributed by atoms with van der Waals surface area (Å²) >= 11 is 0. The molecule has 1 unspecified atom stereocenters. The topological polar surface area (TPSA) is 41.8 Å². The Morgan fingerprint density at radius 1 is 1.12 bits per heavy atom. The van der Waals surface area contributed by atoms with Crippen molar-refractivity contribution in [1.82, 2.24) is 0 Å². The van der Waals surface area contributed by atoms with Gasteiger partial charge >= 0.3 is 23.8 Å². The van der Waals surface area contributed by atoms with Gasteiger partial charge in [-0.3, -0.25) is 0 Å². The molecule has 1 heterocycles. The molecule has 94 valence electrons. The molecule has 10 heteroatoms. The quantitative estimate of drug-likeness (QED) is 0.766. The van der Waals surface area contributed by atoms with Crippen LogP contribution in [0.15, 0.2) is 5.16 Å². The molecule has 0 saturated heterocycles. The van der Waals surface area contributed by atoms with Crippen molar-refractivity contribution >= 4 is 6.21 Å². The summed E-state index contributed by atoms with van der Waals surface area (Å²) < 4.78 is 85.7. The van der Waals surface area contributed by atoms with E-state index < -0.39 is 30.2 Å². The van der Waals surface area contributed by atoms with E-state index in [0.717, 1.165) is 0 Å². The molecular weight excluding hydrogens is 251 g/mol. The lowest BCUT2D eigenvalue weighted by atomic mass is 9.99. The van der Waals surface area contributed by atoms with Gasteiger partial charge in [0.25, 0.3) is 0 Å². The van der Waals surface area contributed by atoms with Crippen LogP contribution < -0.4 is 0 Å². The second kappa shape index (κ2) is 3.22. The SMILES string of the molecule is OC1(C(F)(F)C(F)(F)C(F)(F)F)CC=NO1. The Hall–Kier alpha value is -1.06. The van der Waals surface area contributed by atoms with E-state index >= 15 is 0 Å². The van der Waals surface area contributed by atoms with Crippen LogP contribution in [0.4, 0.5) is 30.7 Å². The molecule has 0 bridgehead atoms. The van der Waals surface area contributed by atoms with Crippen LogP contribution in [-0.4, -0.2) is 35.1 Å². The lowest BCUT2D eigenvalue weighted by molar-refractivity contribution is -0.424. The van der Waals surface area contributed by atoms with Crippen molar-refractivity contribution in [2.24, 2.45) is 5.16 Å². The number of alkyl halides is 7. The number of hydrogen-bond donors (Lipinski definition) is 1. The molecule has 3 nitrogen and oxygen atoms in total. The fraction of sp³-hybridized carbons (Fsp3) is 0.833. The van der Waals surface area contributed by atoms with Gasteiger partial charge in [-0.2, -0.15) is 30.7 Å². The van der Waals surface area contributed by atoms with Crippen molar-refractivity contribution in [3.63, 3.8) is 0 Å². The summed E-state index contributed by atoms with van der Waals surface area (Å²) in [6.45, 7) is 0. The highest BCUT2D eigenvalue weighted by Crippen LogP contribution is 2.52. The third-order valence-electron chi connectivity index (χ3n) is 1.89. The van der Waals surface area contributed by atoms with Gasteiger partial charge in [0.2, 0.25) is 0 Å². The zero-order chi connectivity index (χ0) is 12.8. The number of nitrogens with zero attached hydrogens (tertiary/aromatic N) is 1. The molecule has 16 heavy (non-hydrogen) atoms. The molecule has 0 aromatic rings. The fourth-order valence-corrected chi connectivity index (χ4v) is 0.932. The Morgan fingerprint density at radius 2 is 1.62 bits per heavy atom. The lowest BCUT2D eigenvalue weighted by Gasteiger charge is -2.35. The minimum absolute atomic E-state index is 0.459. The molecule has 0 spiro atoms. The minimum Gasteiger partial charge on any atom is -0.353 e. The van der Waals surface area contributed by atoms with Gasteiger partial charge in [0.15, 0.2) is 0 Å². The Balaban J connectivity index is 3.10. The maximum Gasteiger partial charge on any atom is 0.460 e. The first-order valence-corrected chi connectivity index (χ1v) is 3.70. The summed E-state index contributed by atoms with van der Waals surface area (Å²) in [5.41, 5.74) is 0. The van der Waals surface area contributed by atoms with E-state index in [0.29, 0.717) is 6.21 Å². The van der Waals surface area contributed by atoms with Crippen LogP contribution in [0.25, 0.3) is 0 Å². The highest BCUT2D eigenvalue weighted by atomic mass is 19.4. The average Bonchev–Trinajstić information content (AvgIpc) is 2.51. The molecular formula is C6H4F7NO2. The summed E-state index contributed by atoms with van der Waals surface area (Å²) in [6.07, 6.45) is -7.33. The van der Waals surface area contributed by atoms with E-state index in [1.807, 2.05) is 0 Å². The van der Waals surface area contributed by atoms with E-state index in [2.05, 4.69) is 9.99 Å². The molecule has 1 rings (SSSR count). The van der Waals surface area contributed by atoms with Crippen molar-refractivity contribution in [1.29, 1.82) is 0 Å². The number of oxime groups is 1. The monoisotopic (exact) mass is 255 g/mol. The van der Waals surface area contributed by atoms with Gasteiger partial charge in [-0.15, -0.1) is 0 Å². The zero-order valence-corrected chi connectivity index (χ0v) is 7.23. The van der Waals surface area contributed by atoms with Gasteiger partial charge in [0, 0.05) is 0 Å². The maximum atomic E-state index is 12.9. The summed E-state index contributed by atoms with van der Waals surface area (Å²) in [5, 5.41) is 11.4. The first kappa shape index (κ1) is 13.0. The zero-order valence-electron chi connectivity index (χ0n) is 7.23. The van der Waals surface area contributed by atoms with Crippen LogP contribution in [0.2, 0.25) is 0 Å². The van der Waals surface area contributed by atoms with Crippen LogP contribution in [0.3, 0.4) is 0 Å². The van der Waals surface area contributed by atoms with Crippen LogP contribution in [0, 0.1) is 0 Å². The van der Waals surface area contributed by atoms with Gasteiger partial charge in [-0.05, 0) is 0 Å². The molecule has 0 amide bonds. The normalized spacial score (nSPS) is 27.0. The first-order chi connectivity index (χ1) is 6.96. The van der Waals surface area contributed by atoms with E-state index in [4.69, 9.17) is 5.11 Å². The standard InChI is InChI=1S/C6H4F7NO2/c7-4(8,3(15)1-2-14-16-3)5(9,10)6(11,12)13/h2,15H,1H2. The maximum absolute atomic E-state index is 12.9. The summed E-state index contributed by atoms with van der Waals surface area (Å²) in [6, 6.07) is 0. The van der Waals surface area contributed by atoms with Crippen molar-refractivity contribution < 1.29 is 40.7 Å². The van der Waals surface area contributed by atoms with E-state index in [1.54, 1.807) is 0 Å². The summed E-state index contributed by atoms with van der Waals surface area (Å²) in [4.78, 5) is 3.48. The van der Waals surface area contributed by atoms with Crippen LogP contribution in [-0.2, 0) is 4.84 Å². The van der Waals surface area contributed by atoms with E-state index in [-0.39, 0.29) is 0 Å². The Morgan fingerprint density at radius 3 is 1.94 bits per heavy atom. The largest absolute Gasteiger partial charge is 0.460 e. The molecule has 1 N–H and O–H groups in total. The van der Waals surface area contributed by atoms with Gasteiger partial charge in [0.1, 0.15) is 0 Å². The van der Waals surface area contributed by atoms with Crippen molar-refractivity contribution in [3.05, 3.63) is 0 Å². The van der Waals surface area contributed by atoms with Crippen molar-refractivity contribution in [3.8, 4) is 0 Å². The Bertz CT molecular complexity index is 302. The smallest absolute Gasteiger partial charge is 0.353 e. The number of rotatable bonds is 2. The Labute approximate surface area is 83.5 Å². The lowest BCUT2D eigenvalue weighted by Crippen LogP contribution is -2.64. The van der Waals surface area contributed by atoms with Gasteiger partial charge in [-0.1, -0.05) is 5.16 Å². The molecule has 0 aromatic heterocycles. The van der Waals surface area contributed by atoms with Crippen LogP contribution in [0.5, 0.6) is 0 Å². The average molecular weight is 255 g/mol. The second-order valence-electron chi connectivity index (χ2n) is 3.01. The van der Waals surface area contributed by atoms with Crippen molar-refractivity contribution in [2.45, 2.75) is 30.2 Å². The van der Waals surface area contributed by atoms with Crippen molar-refractivity contribution in [2.75, 3.05) is 0 Å². The predicted octanol–water partition coefficient (Wildman–Crippen LogP) is 1.91. The molecule has 0 fully saturated rings. The minimum atomic E-state index is -6.52. The molecule has 1 aliphatic heterocycles. The van der Waals surface area contributed by atoms with Gasteiger partial charge in [0.05, 0.1) is 12.6 Å².